The molecule has 1 aliphatic rings. The van der Waals surface area contributed by atoms with Crippen molar-refractivity contribution in [3.05, 3.63) is 29.8 Å². The summed E-state index contributed by atoms with van der Waals surface area (Å²) in [7, 11) is 0. The summed E-state index contributed by atoms with van der Waals surface area (Å²) in [5, 5.41) is 20.5. The molecule has 0 spiro atoms. The minimum absolute atomic E-state index is 0.415. The molecule has 2 amide bonds. The molecule has 1 saturated heterocycles. The van der Waals surface area contributed by atoms with Crippen LogP contribution in [0.2, 0.25) is 0 Å². The van der Waals surface area contributed by atoms with E-state index in [0.29, 0.717) is 24.2 Å². The first-order valence-electron chi connectivity index (χ1n) is 6.42. The highest BCUT2D eigenvalue weighted by molar-refractivity contribution is 5.92. The molecule has 104 valence electrons. The molecule has 1 aromatic rings. The molecule has 0 saturated carbocycles. The first-order valence-corrected chi connectivity index (χ1v) is 6.42. The largest absolute Gasteiger partial charge is 0.480 e. The van der Waals surface area contributed by atoms with Gasteiger partial charge in [-0.2, -0.15) is 5.26 Å². The number of amides is 2. The van der Waals surface area contributed by atoms with E-state index in [1.165, 1.54) is 4.90 Å². The molecule has 2 rings (SSSR count). The van der Waals surface area contributed by atoms with E-state index in [1.54, 1.807) is 24.3 Å². The highest BCUT2D eigenvalue weighted by atomic mass is 16.4. The van der Waals surface area contributed by atoms with Crippen molar-refractivity contribution in [2.24, 2.45) is 0 Å². The van der Waals surface area contributed by atoms with Crippen LogP contribution in [0.1, 0.15) is 24.8 Å². The minimum atomic E-state index is -0.973. The van der Waals surface area contributed by atoms with Gasteiger partial charge in [0, 0.05) is 12.2 Å². The van der Waals surface area contributed by atoms with E-state index in [4.69, 9.17) is 10.4 Å². The van der Waals surface area contributed by atoms with Gasteiger partial charge >= 0.3 is 12.0 Å². The maximum Gasteiger partial charge on any atom is 0.326 e. The van der Waals surface area contributed by atoms with E-state index in [2.05, 4.69) is 5.32 Å². The van der Waals surface area contributed by atoms with Gasteiger partial charge in [-0.15, -0.1) is 0 Å². The molecule has 6 nitrogen and oxygen atoms in total. The second-order valence-corrected chi connectivity index (χ2v) is 4.66. The molecule has 1 fully saturated rings. The number of rotatable bonds is 2. The highest BCUT2D eigenvalue weighted by Gasteiger charge is 2.31. The van der Waals surface area contributed by atoms with Gasteiger partial charge in [0.1, 0.15) is 6.04 Å². The van der Waals surface area contributed by atoms with E-state index < -0.39 is 18.0 Å². The molecule has 1 aliphatic heterocycles. The Morgan fingerprint density at radius 2 is 2.00 bits per heavy atom. The van der Waals surface area contributed by atoms with Crippen LogP contribution in [0, 0.1) is 11.3 Å². The molecular formula is C14H15N3O3. The molecule has 6 heteroatoms. The van der Waals surface area contributed by atoms with Gasteiger partial charge in [0.25, 0.3) is 0 Å². The lowest BCUT2D eigenvalue weighted by atomic mass is 10.0. The zero-order chi connectivity index (χ0) is 14.5. The number of nitrogens with one attached hydrogen (secondary N) is 1. The summed E-state index contributed by atoms with van der Waals surface area (Å²) < 4.78 is 0. The molecule has 1 heterocycles. The fourth-order valence-corrected chi connectivity index (χ4v) is 2.25. The third-order valence-electron chi connectivity index (χ3n) is 3.31. The predicted octanol–water partition coefficient (Wildman–Crippen LogP) is 2.03. The van der Waals surface area contributed by atoms with Crippen molar-refractivity contribution in [3.8, 4) is 6.07 Å². The van der Waals surface area contributed by atoms with Gasteiger partial charge in [-0.05, 0) is 43.5 Å². The summed E-state index contributed by atoms with van der Waals surface area (Å²) >= 11 is 0. The number of carbonyl (C=O) groups is 2. The SMILES string of the molecule is N#Cc1ccc(NC(=O)N2CCCC[C@H]2C(=O)O)cc1. The molecule has 0 aliphatic carbocycles. The lowest BCUT2D eigenvalue weighted by molar-refractivity contribution is -0.143. The van der Waals surface area contributed by atoms with Crippen molar-refractivity contribution in [2.45, 2.75) is 25.3 Å². The zero-order valence-corrected chi connectivity index (χ0v) is 10.9. The summed E-state index contributed by atoms with van der Waals surface area (Å²) in [6, 6.07) is 7.25. The standard InChI is InChI=1S/C14H15N3O3/c15-9-10-4-6-11(7-5-10)16-14(20)17-8-2-1-3-12(17)13(18)19/h4-7,12H,1-3,8H2,(H,16,20)(H,18,19)/t12-/m0/s1. The van der Waals surface area contributed by atoms with Crippen molar-refractivity contribution in [1.82, 2.24) is 4.90 Å². The number of hydrogen-bond acceptors (Lipinski definition) is 3. The number of anilines is 1. The third kappa shape index (κ3) is 3.06. The summed E-state index contributed by atoms with van der Waals surface area (Å²) in [5.74, 6) is -0.973. The first kappa shape index (κ1) is 13.9. The summed E-state index contributed by atoms with van der Waals surface area (Å²) in [4.78, 5) is 24.6. The van der Waals surface area contributed by atoms with Crippen LogP contribution in [0.15, 0.2) is 24.3 Å². The van der Waals surface area contributed by atoms with E-state index in [9.17, 15) is 9.59 Å². The number of aliphatic carboxylic acids is 1. The number of carbonyl (C=O) groups excluding carboxylic acids is 1. The smallest absolute Gasteiger partial charge is 0.326 e. The summed E-state index contributed by atoms with van der Waals surface area (Å²) in [5.41, 5.74) is 1.05. The van der Waals surface area contributed by atoms with Crippen molar-refractivity contribution in [1.29, 1.82) is 5.26 Å². The molecule has 0 aromatic heterocycles. The molecule has 0 unspecified atom stereocenters. The summed E-state index contributed by atoms with van der Waals surface area (Å²) in [6.07, 6.45) is 2.11. The number of nitrogens with zero attached hydrogens (tertiary/aromatic N) is 2. The van der Waals surface area contributed by atoms with Gasteiger partial charge in [0.05, 0.1) is 11.6 Å². The fourth-order valence-electron chi connectivity index (χ4n) is 2.25. The predicted molar refractivity (Wildman–Crippen MR) is 72.2 cm³/mol. The highest BCUT2D eigenvalue weighted by Crippen LogP contribution is 2.19. The second-order valence-electron chi connectivity index (χ2n) is 4.66. The number of carboxylic acid groups (broad SMARTS) is 1. The summed E-state index contributed by atoms with van der Waals surface area (Å²) in [6.45, 7) is 0.444. The van der Waals surface area contributed by atoms with Gasteiger partial charge in [-0.3, -0.25) is 0 Å². The normalized spacial score (nSPS) is 18.1. The van der Waals surface area contributed by atoms with Crippen LogP contribution in [-0.2, 0) is 4.79 Å². The second kappa shape index (κ2) is 6.06. The van der Waals surface area contributed by atoms with Crippen LogP contribution in [0.4, 0.5) is 10.5 Å². The van der Waals surface area contributed by atoms with Crippen molar-refractivity contribution in [3.63, 3.8) is 0 Å². The van der Waals surface area contributed by atoms with Crippen LogP contribution in [-0.4, -0.2) is 34.6 Å². The van der Waals surface area contributed by atoms with E-state index in [-0.39, 0.29) is 0 Å². The van der Waals surface area contributed by atoms with Crippen LogP contribution in [0.3, 0.4) is 0 Å². The number of hydrogen-bond donors (Lipinski definition) is 2. The van der Waals surface area contributed by atoms with Crippen LogP contribution >= 0.6 is 0 Å². The lowest BCUT2D eigenvalue weighted by Gasteiger charge is -2.32. The van der Waals surface area contributed by atoms with Crippen LogP contribution in [0.5, 0.6) is 0 Å². The van der Waals surface area contributed by atoms with Crippen molar-refractivity contribution < 1.29 is 14.7 Å². The Morgan fingerprint density at radius 3 is 2.60 bits per heavy atom. The molecule has 2 N–H and O–H groups in total. The average Bonchev–Trinajstić information content (AvgIpc) is 2.48. The topological polar surface area (TPSA) is 93.4 Å². The van der Waals surface area contributed by atoms with Gasteiger partial charge in [-0.25, -0.2) is 9.59 Å². The van der Waals surface area contributed by atoms with Crippen LogP contribution in [0.25, 0.3) is 0 Å². The van der Waals surface area contributed by atoms with Crippen molar-refractivity contribution >= 4 is 17.7 Å². The Morgan fingerprint density at radius 1 is 1.30 bits per heavy atom. The van der Waals surface area contributed by atoms with Crippen LogP contribution < -0.4 is 5.32 Å². The monoisotopic (exact) mass is 273 g/mol. The molecule has 0 bridgehead atoms. The Kier molecular flexibility index (Phi) is 4.20. The molecule has 20 heavy (non-hydrogen) atoms. The quantitative estimate of drug-likeness (QED) is 0.862. The Hall–Kier alpha value is -2.55. The number of likely N-dealkylation sites (tertiary alicyclic amines) is 1. The number of nitriles is 1. The van der Waals surface area contributed by atoms with Gasteiger partial charge in [0.15, 0.2) is 0 Å². The van der Waals surface area contributed by atoms with Crippen molar-refractivity contribution in [2.75, 3.05) is 11.9 Å². The number of urea groups is 1. The maximum absolute atomic E-state index is 12.1. The molecule has 1 atom stereocenters. The maximum atomic E-state index is 12.1. The third-order valence-corrected chi connectivity index (χ3v) is 3.31. The van der Waals surface area contributed by atoms with Gasteiger partial charge < -0.3 is 15.3 Å². The fraction of sp³-hybridized carbons (Fsp3) is 0.357. The van der Waals surface area contributed by atoms with E-state index in [1.807, 2.05) is 6.07 Å². The number of benzene rings is 1. The van der Waals surface area contributed by atoms with Gasteiger partial charge in [-0.1, -0.05) is 0 Å². The molecule has 0 radical (unpaired) electrons. The zero-order valence-electron chi connectivity index (χ0n) is 10.9. The first-order chi connectivity index (χ1) is 9.61. The Balaban J connectivity index is 2.06. The van der Waals surface area contributed by atoms with Gasteiger partial charge in [0.2, 0.25) is 0 Å². The Bertz CT molecular complexity index is 548. The average molecular weight is 273 g/mol. The van der Waals surface area contributed by atoms with E-state index >= 15 is 0 Å². The Labute approximate surface area is 116 Å². The lowest BCUT2D eigenvalue weighted by Crippen LogP contribution is -2.49. The molecule has 1 aromatic carbocycles. The number of carboxylic acids is 1. The minimum Gasteiger partial charge on any atom is -0.480 e. The number of piperidine rings is 1. The molecular weight excluding hydrogens is 258 g/mol. The van der Waals surface area contributed by atoms with E-state index in [0.717, 1.165) is 12.8 Å².